The van der Waals surface area contributed by atoms with Crippen LogP contribution in [0.25, 0.3) is 0 Å². The Hall–Kier alpha value is -3.93. The highest BCUT2D eigenvalue weighted by atomic mass is 16.5. The van der Waals surface area contributed by atoms with Gasteiger partial charge in [0.05, 0.1) is 16.9 Å². The van der Waals surface area contributed by atoms with Gasteiger partial charge in [-0.2, -0.15) is 0 Å². The molecule has 6 nitrogen and oxygen atoms in total. The third-order valence-corrected chi connectivity index (χ3v) is 5.41. The van der Waals surface area contributed by atoms with Crippen molar-refractivity contribution in [3.8, 4) is 0 Å². The Balaban J connectivity index is 1.48. The predicted molar refractivity (Wildman–Crippen MR) is 111 cm³/mol. The summed E-state index contributed by atoms with van der Waals surface area (Å²) in [6, 6.07) is 21.7. The SMILES string of the molecule is O=C1CN(C(=O)c2ccc3c(c2)CC(c2ccccc2)OC3=O)c2ccccc2N1. The van der Waals surface area contributed by atoms with E-state index >= 15 is 0 Å². The summed E-state index contributed by atoms with van der Waals surface area (Å²) in [6.07, 6.45) is 0.0987. The molecule has 2 heterocycles. The molecule has 0 spiro atoms. The standard InChI is InChI=1S/C24H18N2O4/c27-22-14-26(20-9-5-4-8-19(20)25-22)23(28)16-10-11-18-17(12-16)13-21(30-24(18)29)15-6-2-1-3-7-15/h1-12,21H,13-14H2,(H,25,27). The first kappa shape index (κ1) is 18.1. The van der Waals surface area contributed by atoms with Gasteiger partial charge < -0.3 is 10.1 Å². The zero-order valence-corrected chi connectivity index (χ0v) is 16.0. The van der Waals surface area contributed by atoms with Gasteiger partial charge in [0.25, 0.3) is 5.91 Å². The third-order valence-electron chi connectivity index (χ3n) is 5.41. The molecule has 2 aliphatic rings. The molecule has 6 heteroatoms. The summed E-state index contributed by atoms with van der Waals surface area (Å²) in [4.78, 5) is 39.3. The summed E-state index contributed by atoms with van der Waals surface area (Å²) in [7, 11) is 0. The van der Waals surface area contributed by atoms with E-state index in [2.05, 4.69) is 5.32 Å². The van der Waals surface area contributed by atoms with Gasteiger partial charge in [-0.25, -0.2) is 4.79 Å². The number of fused-ring (bicyclic) bond motifs is 2. The molecule has 1 unspecified atom stereocenters. The quantitative estimate of drug-likeness (QED) is 0.668. The van der Waals surface area contributed by atoms with E-state index in [1.807, 2.05) is 36.4 Å². The fraction of sp³-hybridized carbons (Fsp3) is 0.125. The highest BCUT2D eigenvalue weighted by molar-refractivity contribution is 6.15. The van der Waals surface area contributed by atoms with Gasteiger partial charge in [-0.15, -0.1) is 0 Å². The fourth-order valence-corrected chi connectivity index (χ4v) is 3.95. The largest absolute Gasteiger partial charge is 0.454 e. The maximum absolute atomic E-state index is 13.3. The Morgan fingerprint density at radius 2 is 1.73 bits per heavy atom. The molecule has 2 amide bonds. The number of nitrogens with one attached hydrogen (secondary N) is 1. The fourth-order valence-electron chi connectivity index (χ4n) is 3.95. The van der Waals surface area contributed by atoms with Crippen molar-refractivity contribution in [2.75, 3.05) is 16.8 Å². The first-order chi connectivity index (χ1) is 14.6. The number of para-hydroxylation sites is 2. The zero-order chi connectivity index (χ0) is 20.7. The van der Waals surface area contributed by atoms with E-state index in [9.17, 15) is 14.4 Å². The lowest BCUT2D eigenvalue weighted by atomic mass is 9.93. The van der Waals surface area contributed by atoms with Crippen molar-refractivity contribution in [2.45, 2.75) is 12.5 Å². The van der Waals surface area contributed by atoms with Crippen LogP contribution in [-0.4, -0.2) is 24.3 Å². The minimum atomic E-state index is -0.396. The number of cyclic esters (lactones) is 1. The van der Waals surface area contributed by atoms with E-state index in [1.165, 1.54) is 4.90 Å². The van der Waals surface area contributed by atoms with Crippen LogP contribution in [-0.2, 0) is 16.0 Å². The topological polar surface area (TPSA) is 75.7 Å². The number of nitrogens with zero attached hydrogens (tertiary/aromatic N) is 1. The molecule has 0 saturated heterocycles. The first-order valence-corrected chi connectivity index (χ1v) is 9.70. The highest BCUT2D eigenvalue weighted by Gasteiger charge is 2.31. The van der Waals surface area contributed by atoms with Gasteiger partial charge >= 0.3 is 5.97 Å². The van der Waals surface area contributed by atoms with Crippen LogP contribution in [0.4, 0.5) is 11.4 Å². The molecular formula is C24H18N2O4. The highest BCUT2D eigenvalue weighted by Crippen LogP contribution is 2.33. The second kappa shape index (κ2) is 7.15. The number of benzene rings is 3. The van der Waals surface area contributed by atoms with E-state index in [0.29, 0.717) is 28.9 Å². The summed E-state index contributed by atoms with van der Waals surface area (Å²) in [5.41, 5.74) is 3.83. The predicted octanol–water partition coefficient (Wildman–Crippen LogP) is 3.74. The van der Waals surface area contributed by atoms with Crippen LogP contribution in [0.5, 0.6) is 0 Å². The lowest BCUT2D eigenvalue weighted by Crippen LogP contribution is -2.42. The van der Waals surface area contributed by atoms with E-state index < -0.39 is 12.1 Å². The second-order valence-corrected chi connectivity index (χ2v) is 7.34. The summed E-state index contributed by atoms with van der Waals surface area (Å²) in [5, 5.41) is 2.78. The first-order valence-electron chi connectivity index (χ1n) is 9.70. The molecule has 0 aromatic heterocycles. The van der Waals surface area contributed by atoms with Crippen molar-refractivity contribution < 1.29 is 19.1 Å². The van der Waals surface area contributed by atoms with E-state index in [4.69, 9.17) is 4.74 Å². The molecule has 0 bridgehead atoms. The number of hydrogen-bond acceptors (Lipinski definition) is 4. The average molecular weight is 398 g/mol. The van der Waals surface area contributed by atoms with Crippen molar-refractivity contribution in [2.24, 2.45) is 0 Å². The van der Waals surface area contributed by atoms with Crippen LogP contribution in [0.15, 0.2) is 72.8 Å². The summed E-state index contributed by atoms with van der Waals surface area (Å²) in [6.45, 7) is -0.0540. The molecule has 0 fully saturated rings. The van der Waals surface area contributed by atoms with Gasteiger partial charge in [0.2, 0.25) is 5.91 Å². The molecule has 1 atom stereocenters. The Morgan fingerprint density at radius 3 is 2.57 bits per heavy atom. The van der Waals surface area contributed by atoms with Crippen LogP contribution in [0.3, 0.4) is 0 Å². The molecular weight excluding hydrogens is 380 g/mol. The number of esters is 1. The molecule has 0 radical (unpaired) electrons. The zero-order valence-electron chi connectivity index (χ0n) is 16.0. The summed E-state index contributed by atoms with van der Waals surface area (Å²) >= 11 is 0. The number of rotatable bonds is 2. The van der Waals surface area contributed by atoms with Crippen molar-refractivity contribution in [1.29, 1.82) is 0 Å². The van der Waals surface area contributed by atoms with Gasteiger partial charge in [-0.05, 0) is 41.5 Å². The molecule has 5 rings (SSSR count). The smallest absolute Gasteiger partial charge is 0.339 e. The molecule has 3 aromatic carbocycles. The van der Waals surface area contributed by atoms with Crippen LogP contribution in [0, 0.1) is 0 Å². The third kappa shape index (κ3) is 3.12. The number of amides is 2. The maximum Gasteiger partial charge on any atom is 0.339 e. The number of carbonyl (C=O) groups is 3. The lowest BCUT2D eigenvalue weighted by molar-refractivity contribution is -0.115. The van der Waals surface area contributed by atoms with Crippen LogP contribution in [0.1, 0.15) is 37.9 Å². The average Bonchev–Trinajstić information content (AvgIpc) is 2.78. The van der Waals surface area contributed by atoms with Gasteiger partial charge in [0, 0.05) is 12.0 Å². The van der Waals surface area contributed by atoms with Gasteiger partial charge in [0.1, 0.15) is 12.6 Å². The monoisotopic (exact) mass is 398 g/mol. The van der Waals surface area contributed by atoms with Crippen molar-refractivity contribution >= 4 is 29.2 Å². The molecule has 1 N–H and O–H groups in total. The minimum Gasteiger partial charge on any atom is -0.454 e. The van der Waals surface area contributed by atoms with Crippen molar-refractivity contribution in [1.82, 2.24) is 0 Å². The minimum absolute atomic E-state index is 0.0540. The van der Waals surface area contributed by atoms with Crippen molar-refractivity contribution in [3.05, 3.63) is 95.1 Å². The Morgan fingerprint density at radius 1 is 0.967 bits per heavy atom. The van der Waals surface area contributed by atoms with Crippen molar-refractivity contribution in [3.63, 3.8) is 0 Å². The van der Waals surface area contributed by atoms with Crippen LogP contribution >= 0.6 is 0 Å². The van der Waals surface area contributed by atoms with E-state index in [-0.39, 0.29) is 18.4 Å². The molecule has 30 heavy (non-hydrogen) atoms. The number of ether oxygens (including phenoxy) is 1. The van der Waals surface area contributed by atoms with E-state index in [0.717, 1.165) is 11.1 Å². The molecule has 0 saturated carbocycles. The summed E-state index contributed by atoms with van der Waals surface area (Å²) < 4.78 is 5.59. The normalized spacial score (nSPS) is 17.5. The van der Waals surface area contributed by atoms with Crippen LogP contribution < -0.4 is 10.2 Å². The molecule has 3 aromatic rings. The number of hydrogen-bond donors (Lipinski definition) is 1. The molecule has 2 aliphatic heterocycles. The Bertz CT molecular complexity index is 1170. The number of anilines is 2. The Kier molecular flexibility index (Phi) is 4.32. The van der Waals surface area contributed by atoms with Crippen LogP contribution in [0.2, 0.25) is 0 Å². The molecule has 0 aliphatic carbocycles. The maximum atomic E-state index is 13.3. The lowest BCUT2D eigenvalue weighted by Gasteiger charge is -2.30. The summed E-state index contributed by atoms with van der Waals surface area (Å²) in [5.74, 6) is -0.921. The Labute approximate surface area is 173 Å². The van der Waals surface area contributed by atoms with Gasteiger partial charge in [-0.1, -0.05) is 42.5 Å². The molecule has 148 valence electrons. The van der Waals surface area contributed by atoms with Gasteiger partial charge in [0.15, 0.2) is 0 Å². The van der Waals surface area contributed by atoms with E-state index in [1.54, 1.807) is 36.4 Å². The van der Waals surface area contributed by atoms with Gasteiger partial charge in [-0.3, -0.25) is 14.5 Å². The number of carbonyl (C=O) groups excluding carboxylic acids is 3. The second-order valence-electron chi connectivity index (χ2n) is 7.34.